The van der Waals surface area contributed by atoms with Crippen molar-refractivity contribution in [2.24, 2.45) is 11.8 Å². The highest BCUT2D eigenvalue weighted by Crippen LogP contribution is 2.55. The number of carbonyl (C=O) groups is 3. The molecule has 208 valence electrons. The van der Waals surface area contributed by atoms with E-state index in [1.807, 2.05) is 54.6 Å². The Bertz CT molecular complexity index is 1170. The molecule has 0 radical (unpaired) electrons. The molecule has 0 saturated carbocycles. The fourth-order valence-corrected chi connectivity index (χ4v) is 6.90. The third kappa shape index (κ3) is 4.30. The summed E-state index contributed by atoms with van der Waals surface area (Å²) in [6, 6.07) is 7.50. The third-order valence-electron chi connectivity index (χ3n) is 8.86. The van der Waals surface area contributed by atoms with Crippen molar-refractivity contribution in [3.63, 3.8) is 0 Å². The van der Waals surface area contributed by atoms with E-state index in [9.17, 15) is 19.5 Å². The number of rotatable bonds is 6. The van der Waals surface area contributed by atoms with Crippen molar-refractivity contribution in [2.75, 3.05) is 66.1 Å². The number of carbonyl (C=O) groups excluding carboxylic acids is 3. The predicted molar refractivity (Wildman–Crippen MR) is 141 cm³/mol. The largest absolute Gasteiger partial charge is 0.394 e. The maximum absolute atomic E-state index is 14.4. The van der Waals surface area contributed by atoms with Gasteiger partial charge in [-0.05, 0) is 5.56 Å². The molecule has 0 aromatic heterocycles. The lowest BCUT2D eigenvalue weighted by Crippen LogP contribution is -2.57. The van der Waals surface area contributed by atoms with Gasteiger partial charge in [-0.25, -0.2) is 0 Å². The predicted octanol–water partition coefficient (Wildman–Crippen LogP) is 0.0596. The first kappa shape index (κ1) is 26.2. The minimum Gasteiger partial charge on any atom is -0.394 e. The number of hydrogen-bond donors (Lipinski definition) is 1. The first-order valence-electron chi connectivity index (χ1n) is 13.8. The maximum atomic E-state index is 14.4. The van der Waals surface area contributed by atoms with Crippen LogP contribution in [0.15, 0.2) is 54.6 Å². The second kappa shape index (κ2) is 10.5. The summed E-state index contributed by atoms with van der Waals surface area (Å²) < 4.78 is 12.1. The van der Waals surface area contributed by atoms with Crippen LogP contribution in [0.3, 0.4) is 0 Å². The minimum absolute atomic E-state index is 0.171. The van der Waals surface area contributed by atoms with Crippen LogP contribution in [0, 0.1) is 11.8 Å². The van der Waals surface area contributed by atoms with E-state index in [-0.39, 0.29) is 24.3 Å². The lowest BCUT2D eigenvalue weighted by Gasteiger charge is -2.39. The van der Waals surface area contributed by atoms with Gasteiger partial charge < -0.3 is 29.3 Å². The fourth-order valence-electron chi connectivity index (χ4n) is 6.90. The van der Waals surface area contributed by atoms with E-state index in [1.165, 1.54) is 4.90 Å². The molecule has 1 aromatic carbocycles. The van der Waals surface area contributed by atoms with Gasteiger partial charge in [0.05, 0.1) is 43.8 Å². The summed E-state index contributed by atoms with van der Waals surface area (Å²) >= 11 is 0. The number of morpholine rings is 1. The van der Waals surface area contributed by atoms with Crippen molar-refractivity contribution >= 4 is 17.7 Å². The van der Waals surface area contributed by atoms with Gasteiger partial charge in [-0.3, -0.25) is 19.3 Å². The summed E-state index contributed by atoms with van der Waals surface area (Å²) in [6.45, 7) is 4.61. The molecule has 0 aliphatic carbocycles. The molecular weight excluding hydrogens is 500 g/mol. The molecule has 39 heavy (non-hydrogen) atoms. The molecule has 5 heterocycles. The van der Waals surface area contributed by atoms with Gasteiger partial charge in [0.1, 0.15) is 11.6 Å². The third-order valence-corrected chi connectivity index (χ3v) is 8.86. The summed E-state index contributed by atoms with van der Waals surface area (Å²) in [6.07, 6.45) is 6.88. The standard InChI is InChI=1S/C29H36N4O6/c1-30-11-5-9-22-23(26(30)35)24-27(36)33(21(19-34)20-7-3-2-4-8-20)25-28(37)32(12-6-10-29(24,25)39-22)14-13-31-15-17-38-18-16-31/h2-10,21-25,34H,11-19H2,1H3/t21-,22+,23-,24+,25?,29+/m1/s1. The highest BCUT2D eigenvalue weighted by atomic mass is 16.5. The van der Waals surface area contributed by atoms with Crippen molar-refractivity contribution in [3.8, 4) is 0 Å². The van der Waals surface area contributed by atoms with Crippen LogP contribution in [0.5, 0.6) is 0 Å². The van der Waals surface area contributed by atoms with Crippen LogP contribution < -0.4 is 0 Å². The first-order chi connectivity index (χ1) is 19.0. The zero-order valence-corrected chi connectivity index (χ0v) is 22.2. The van der Waals surface area contributed by atoms with Gasteiger partial charge >= 0.3 is 0 Å². The van der Waals surface area contributed by atoms with Crippen LogP contribution in [-0.2, 0) is 23.9 Å². The highest BCUT2D eigenvalue weighted by molar-refractivity contribution is 6.00. The number of fused-ring (bicyclic) bond motifs is 2. The number of aliphatic hydroxyl groups excluding tert-OH is 1. The molecule has 1 spiro atoms. The van der Waals surface area contributed by atoms with Crippen molar-refractivity contribution < 1.29 is 29.0 Å². The summed E-state index contributed by atoms with van der Waals surface area (Å²) in [5.41, 5.74) is -0.581. The molecule has 0 bridgehead atoms. The highest BCUT2D eigenvalue weighted by Gasteiger charge is 2.72. The Kier molecular flexibility index (Phi) is 7.05. The van der Waals surface area contributed by atoms with E-state index in [0.29, 0.717) is 39.4 Å². The zero-order chi connectivity index (χ0) is 27.1. The Labute approximate surface area is 228 Å². The van der Waals surface area contributed by atoms with Crippen LogP contribution in [0.25, 0.3) is 0 Å². The summed E-state index contributed by atoms with van der Waals surface area (Å²) in [5, 5.41) is 10.6. The number of amides is 3. The van der Waals surface area contributed by atoms with Crippen LogP contribution in [0.1, 0.15) is 11.6 Å². The van der Waals surface area contributed by atoms with E-state index in [0.717, 1.165) is 18.7 Å². The number of benzene rings is 1. The lowest BCUT2D eigenvalue weighted by molar-refractivity contribution is -0.151. The monoisotopic (exact) mass is 536 g/mol. The molecule has 3 fully saturated rings. The molecule has 10 nitrogen and oxygen atoms in total. The Balaban J connectivity index is 1.40. The zero-order valence-electron chi connectivity index (χ0n) is 22.2. The average Bonchev–Trinajstić information content (AvgIpc) is 3.29. The Morgan fingerprint density at radius 1 is 1.00 bits per heavy atom. The summed E-state index contributed by atoms with van der Waals surface area (Å²) in [7, 11) is 1.72. The van der Waals surface area contributed by atoms with Gasteiger partial charge in [-0.1, -0.05) is 54.6 Å². The number of aliphatic hydroxyl groups is 1. The Hall–Kier alpha value is -3.05. The molecule has 6 rings (SSSR count). The van der Waals surface area contributed by atoms with Gasteiger partial charge in [-0.15, -0.1) is 0 Å². The van der Waals surface area contributed by atoms with Crippen LogP contribution in [0.2, 0.25) is 0 Å². The molecule has 10 heteroatoms. The van der Waals surface area contributed by atoms with Gasteiger partial charge in [-0.2, -0.15) is 0 Å². The number of likely N-dealkylation sites (tertiary alicyclic amines) is 1. The second-order valence-electron chi connectivity index (χ2n) is 11.0. The first-order valence-corrected chi connectivity index (χ1v) is 13.8. The Morgan fingerprint density at radius 3 is 2.51 bits per heavy atom. The smallest absolute Gasteiger partial charge is 0.249 e. The average molecular weight is 537 g/mol. The lowest BCUT2D eigenvalue weighted by atomic mass is 9.77. The van der Waals surface area contributed by atoms with E-state index in [2.05, 4.69) is 4.90 Å². The minimum atomic E-state index is -1.31. The van der Waals surface area contributed by atoms with Gasteiger partial charge in [0.2, 0.25) is 17.7 Å². The van der Waals surface area contributed by atoms with Crippen molar-refractivity contribution in [2.45, 2.75) is 23.8 Å². The molecule has 1 N–H and O–H groups in total. The maximum Gasteiger partial charge on any atom is 0.249 e. The second-order valence-corrected chi connectivity index (χ2v) is 11.0. The summed E-state index contributed by atoms with van der Waals surface area (Å²) in [5.74, 6) is -2.35. The topological polar surface area (TPSA) is 103 Å². The van der Waals surface area contributed by atoms with Gasteiger partial charge in [0.15, 0.2) is 0 Å². The number of likely N-dealkylation sites (N-methyl/N-ethyl adjacent to an activating group) is 1. The van der Waals surface area contributed by atoms with E-state index in [1.54, 1.807) is 16.8 Å². The summed E-state index contributed by atoms with van der Waals surface area (Å²) in [4.78, 5) is 49.6. The van der Waals surface area contributed by atoms with Crippen LogP contribution in [-0.4, -0.2) is 126 Å². The number of hydrogen-bond acceptors (Lipinski definition) is 7. The van der Waals surface area contributed by atoms with Gasteiger partial charge in [0, 0.05) is 46.3 Å². The van der Waals surface area contributed by atoms with Crippen molar-refractivity contribution in [1.82, 2.24) is 19.6 Å². The molecular formula is C29H36N4O6. The van der Waals surface area contributed by atoms with Crippen molar-refractivity contribution in [3.05, 3.63) is 60.2 Å². The quantitative estimate of drug-likeness (QED) is 0.513. The number of nitrogens with zero attached hydrogens (tertiary/aromatic N) is 4. The SMILES string of the molecule is CN1CC=C[C@@H]2O[C@]34C=CCN(CCN5CCOCC5)C(=O)C3N([C@H](CO)c3ccccc3)C(=O)[C@@H]4[C@@H]2C1=O. The molecule has 3 amide bonds. The van der Waals surface area contributed by atoms with Crippen LogP contribution in [0.4, 0.5) is 0 Å². The molecule has 3 saturated heterocycles. The molecule has 5 aliphatic heterocycles. The van der Waals surface area contributed by atoms with Gasteiger partial charge in [0.25, 0.3) is 0 Å². The fraction of sp³-hybridized carbons (Fsp3) is 0.552. The molecule has 1 unspecified atom stereocenters. The Morgan fingerprint density at radius 2 is 1.77 bits per heavy atom. The van der Waals surface area contributed by atoms with Crippen LogP contribution >= 0.6 is 0 Å². The molecule has 5 aliphatic rings. The number of ether oxygens (including phenoxy) is 2. The van der Waals surface area contributed by atoms with E-state index >= 15 is 0 Å². The molecule has 1 aromatic rings. The van der Waals surface area contributed by atoms with E-state index < -0.39 is 35.6 Å². The normalized spacial score (nSPS) is 33.6. The van der Waals surface area contributed by atoms with E-state index in [4.69, 9.17) is 9.47 Å². The van der Waals surface area contributed by atoms with Crippen molar-refractivity contribution in [1.29, 1.82) is 0 Å². The molecule has 6 atom stereocenters.